The number of hydrogen-bond donors (Lipinski definition) is 3. The molecule has 0 saturated carbocycles. The Morgan fingerprint density at radius 1 is 0.880 bits per heavy atom. The number of anilines is 1. The number of aromatic hydroxyl groups is 1. The van der Waals surface area contributed by atoms with Crippen LogP contribution in [0, 0.1) is 5.92 Å². The van der Waals surface area contributed by atoms with Crippen LogP contribution in [0.3, 0.4) is 0 Å². The number of hydrogen-bond acceptors (Lipinski definition) is 7. The van der Waals surface area contributed by atoms with Gasteiger partial charge in [-0.25, -0.2) is 4.98 Å². The van der Waals surface area contributed by atoms with Gasteiger partial charge in [0, 0.05) is 12.6 Å². The van der Waals surface area contributed by atoms with E-state index in [1.165, 1.54) is 29.9 Å². The lowest BCUT2D eigenvalue weighted by Gasteiger charge is -2.14. The fourth-order valence-electron chi connectivity index (χ4n) is 6.36. The summed E-state index contributed by atoms with van der Waals surface area (Å²) in [4.78, 5) is 29.7. The molecule has 4 rings (SSSR count). The molecule has 1 aromatic heterocycles. The molecule has 1 atom stereocenters. The summed E-state index contributed by atoms with van der Waals surface area (Å²) in [7, 11) is 3.45. The van der Waals surface area contributed by atoms with Crippen LogP contribution in [0.2, 0.25) is 0 Å². The number of rotatable bonds is 21. The van der Waals surface area contributed by atoms with Gasteiger partial charge in [0.15, 0.2) is 17.3 Å². The van der Waals surface area contributed by atoms with Gasteiger partial charge in [0.25, 0.3) is 0 Å². The molecule has 7 nitrogen and oxygen atoms in total. The molecule has 1 heterocycles. The van der Waals surface area contributed by atoms with Gasteiger partial charge >= 0.3 is 0 Å². The maximum absolute atomic E-state index is 12.8. The van der Waals surface area contributed by atoms with E-state index in [0.29, 0.717) is 30.3 Å². The number of nitrogen functional groups attached to an aromatic ring is 1. The number of nitrogens with zero attached hydrogens (tertiary/aromatic N) is 1. The van der Waals surface area contributed by atoms with Crippen molar-refractivity contribution in [1.82, 2.24) is 10.3 Å². The summed E-state index contributed by atoms with van der Waals surface area (Å²) in [5.41, 5.74) is 13.6. The molecule has 3 aromatic carbocycles. The zero-order valence-electron chi connectivity index (χ0n) is 29.9. The highest BCUT2D eigenvalue weighted by molar-refractivity contribution is 6.06. The number of pyridine rings is 1. The fourth-order valence-corrected chi connectivity index (χ4v) is 6.36. The number of ketones is 2. The number of allylic oxidation sites excluding steroid dienone is 1. The molecule has 0 spiro atoms. The van der Waals surface area contributed by atoms with E-state index in [1.807, 2.05) is 19.2 Å². The molecule has 0 aliphatic heterocycles. The Hall–Kier alpha value is -4.75. The van der Waals surface area contributed by atoms with Crippen LogP contribution in [0.15, 0.2) is 85.1 Å². The molecule has 0 bridgehead atoms. The molecule has 4 aromatic rings. The van der Waals surface area contributed by atoms with Gasteiger partial charge in [-0.1, -0.05) is 80.4 Å². The fraction of sp³-hybridized carbons (Fsp3) is 0.372. The summed E-state index contributed by atoms with van der Waals surface area (Å²) in [6.07, 6.45) is 13.3. The summed E-state index contributed by atoms with van der Waals surface area (Å²) in [5.74, 6) is 1.12. The predicted molar refractivity (Wildman–Crippen MR) is 204 cm³/mol. The summed E-state index contributed by atoms with van der Waals surface area (Å²) < 4.78 is 5.38. The summed E-state index contributed by atoms with van der Waals surface area (Å²) >= 11 is 0. The second-order valence-electron chi connectivity index (χ2n) is 13.4. The second-order valence-corrected chi connectivity index (χ2v) is 13.4. The molecule has 0 radical (unpaired) electrons. The number of methoxy groups -OCH3 is 1. The highest BCUT2D eigenvalue weighted by Gasteiger charge is 2.14. The quantitative estimate of drug-likeness (QED) is 0.0468. The van der Waals surface area contributed by atoms with E-state index < -0.39 is 0 Å². The molecule has 264 valence electrons. The van der Waals surface area contributed by atoms with Crippen molar-refractivity contribution in [1.29, 1.82) is 0 Å². The lowest BCUT2D eigenvalue weighted by molar-refractivity contribution is -0.124. The van der Waals surface area contributed by atoms with Gasteiger partial charge in [-0.2, -0.15) is 0 Å². The maximum Gasteiger partial charge on any atom is 0.163 e. The van der Waals surface area contributed by atoms with Gasteiger partial charge in [-0.3, -0.25) is 9.59 Å². The van der Waals surface area contributed by atoms with Crippen molar-refractivity contribution in [3.05, 3.63) is 124 Å². The summed E-state index contributed by atoms with van der Waals surface area (Å²) in [5, 5.41) is 13.9. The molecular weight excluding hydrogens is 622 g/mol. The van der Waals surface area contributed by atoms with Crippen molar-refractivity contribution in [2.75, 3.05) is 26.4 Å². The van der Waals surface area contributed by atoms with Crippen molar-refractivity contribution in [2.45, 2.75) is 77.6 Å². The Morgan fingerprint density at radius 3 is 2.34 bits per heavy atom. The number of aromatic nitrogens is 1. The molecule has 0 aliphatic rings. The highest BCUT2D eigenvalue weighted by atomic mass is 16.5. The minimum atomic E-state index is -0.239. The number of nitrogens with one attached hydrogen (secondary N) is 1. The van der Waals surface area contributed by atoms with Crippen LogP contribution in [0.1, 0.15) is 84.4 Å². The Labute approximate surface area is 298 Å². The number of ether oxygens (including phenoxy) is 1. The largest absolute Gasteiger partial charge is 0.504 e. The number of unbranched alkanes of at least 4 members (excludes halogenated alkanes) is 2. The number of benzene rings is 3. The lowest BCUT2D eigenvalue weighted by atomic mass is 9.93. The number of phenols is 1. The van der Waals surface area contributed by atoms with E-state index in [9.17, 15) is 14.7 Å². The normalized spacial score (nSPS) is 11.9. The SMILES string of the molecule is CNCC(C)CCCCCC(=O)CC(=O)C=Cc1cc(OC)c(O)cc1Cc1cnc(N)cc1CCc1cccc(CCc2ccccc2)c1. The van der Waals surface area contributed by atoms with E-state index in [-0.39, 0.29) is 23.7 Å². The van der Waals surface area contributed by atoms with Crippen LogP contribution < -0.4 is 15.8 Å². The van der Waals surface area contributed by atoms with Gasteiger partial charge in [0.1, 0.15) is 11.6 Å². The average molecular weight is 676 g/mol. The number of aryl methyl sites for hydroxylation is 4. The monoisotopic (exact) mass is 675 g/mol. The van der Waals surface area contributed by atoms with Crippen molar-refractivity contribution in [3.8, 4) is 11.5 Å². The van der Waals surface area contributed by atoms with Crippen molar-refractivity contribution >= 4 is 23.5 Å². The van der Waals surface area contributed by atoms with Crippen LogP contribution in [0.25, 0.3) is 6.08 Å². The standard InChI is InChI=1S/C43H53N3O4/c1-31(29-45-2)11-6-4-9-16-39(47)28-40(48)22-21-35-26-42(50-3)41(49)25-37(35)24-38-30-46-43(44)27-36(38)20-19-34-15-10-14-33(23-34)18-17-32-12-7-5-8-13-32/h5,7-8,10,12-15,21-23,25-27,30-31,45,49H,4,6,9,11,16-20,24,28-29H2,1-3H3,(H2,44,46). The number of carbonyl (C=O) groups is 2. The van der Waals surface area contributed by atoms with Crippen LogP contribution in [-0.4, -0.2) is 42.4 Å². The molecule has 0 aliphatic carbocycles. The van der Waals surface area contributed by atoms with E-state index in [2.05, 4.69) is 65.8 Å². The highest BCUT2D eigenvalue weighted by Crippen LogP contribution is 2.32. The van der Waals surface area contributed by atoms with Gasteiger partial charge in [-0.05, 0) is 128 Å². The van der Waals surface area contributed by atoms with Gasteiger partial charge < -0.3 is 20.9 Å². The minimum absolute atomic E-state index is 0.0128. The number of Topliss-reactive ketones (excluding diaryl/α,β-unsaturated/α-hetero) is 1. The molecule has 0 saturated heterocycles. The summed E-state index contributed by atoms with van der Waals surface area (Å²) in [6.45, 7) is 3.22. The van der Waals surface area contributed by atoms with Gasteiger partial charge in [-0.15, -0.1) is 0 Å². The van der Waals surface area contributed by atoms with Crippen LogP contribution in [0.5, 0.6) is 11.5 Å². The number of phenolic OH excluding ortho intramolecular Hbond substituents is 1. The second kappa shape index (κ2) is 20.1. The molecule has 0 fully saturated rings. The van der Waals surface area contributed by atoms with Gasteiger partial charge in [0.05, 0.1) is 13.5 Å². The first kappa shape index (κ1) is 38.1. The molecule has 0 amide bonds. The Balaban J connectivity index is 1.40. The predicted octanol–water partition coefficient (Wildman–Crippen LogP) is 7.89. The topological polar surface area (TPSA) is 115 Å². The minimum Gasteiger partial charge on any atom is -0.504 e. The van der Waals surface area contributed by atoms with E-state index in [4.69, 9.17) is 10.5 Å². The molecule has 7 heteroatoms. The molecule has 50 heavy (non-hydrogen) atoms. The molecular formula is C43H53N3O4. The van der Waals surface area contributed by atoms with Gasteiger partial charge in [0.2, 0.25) is 0 Å². The van der Waals surface area contributed by atoms with E-state index in [0.717, 1.165) is 80.2 Å². The Morgan fingerprint density at radius 2 is 1.60 bits per heavy atom. The number of nitrogens with two attached hydrogens (primary N) is 1. The zero-order valence-corrected chi connectivity index (χ0v) is 29.9. The summed E-state index contributed by atoms with van der Waals surface area (Å²) in [6, 6.07) is 24.6. The Bertz CT molecular complexity index is 1720. The van der Waals surface area contributed by atoms with Crippen molar-refractivity contribution < 1.29 is 19.4 Å². The maximum atomic E-state index is 12.8. The zero-order chi connectivity index (χ0) is 35.7. The number of carbonyl (C=O) groups excluding carboxylic acids is 2. The van der Waals surface area contributed by atoms with Crippen molar-refractivity contribution in [2.24, 2.45) is 5.92 Å². The van der Waals surface area contributed by atoms with Crippen LogP contribution in [-0.2, 0) is 41.7 Å². The third kappa shape index (κ3) is 12.6. The van der Waals surface area contributed by atoms with Crippen LogP contribution >= 0.6 is 0 Å². The third-order valence-electron chi connectivity index (χ3n) is 9.17. The molecule has 1 unspecified atom stereocenters. The first-order valence-corrected chi connectivity index (χ1v) is 17.9. The lowest BCUT2D eigenvalue weighted by Crippen LogP contribution is -2.15. The van der Waals surface area contributed by atoms with E-state index >= 15 is 0 Å². The average Bonchev–Trinajstić information content (AvgIpc) is 3.11. The smallest absolute Gasteiger partial charge is 0.163 e. The first-order chi connectivity index (χ1) is 24.2. The molecule has 4 N–H and O–H groups in total. The Kier molecular flexibility index (Phi) is 15.3. The third-order valence-corrected chi connectivity index (χ3v) is 9.17. The van der Waals surface area contributed by atoms with E-state index in [1.54, 1.807) is 24.4 Å². The van der Waals surface area contributed by atoms with Crippen LogP contribution in [0.4, 0.5) is 5.82 Å². The van der Waals surface area contributed by atoms with Crippen molar-refractivity contribution in [3.63, 3.8) is 0 Å². The first-order valence-electron chi connectivity index (χ1n) is 17.9.